The molecule has 1 unspecified atom stereocenters. The van der Waals surface area contributed by atoms with Gasteiger partial charge in [0.05, 0.1) is 6.04 Å². The molecule has 27 heavy (non-hydrogen) atoms. The van der Waals surface area contributed by atoms with E-state index in [9.17, 15) is 14.4 Å². The van der Waals surface area contributed by atoms with Gasteiger partial charge in [-0.05, 0) is 43.5 Å². The second-order valence-corrected chi connectivity index (χ2v) is 6.61. The molecule has 0 radical (unpaired) electrons. The number of carbonyl (C=O) groups excluding carboxylic acids is 3. The third kappa shape index (κ3) is 4.73. The lowest BCUT2D eigenvalue weighted by Gasteiger charge is -2.27. The van der Waals surface area contributed by atoms with E-state index in [-0.39, 0.29) is 11.9 Å². The fourth-order valence-corrected chi connectivity index (χ4v) is 3.11. The summed E-state index contributed by atoms with van der Waals surface area (Å²) >= 11 is 0. The van der Waals surface area contributed by atoms with Crippen LogP contribution in [0.2, 0.25) is 0 Å². The van der Waals surface area contributed by atoms with E-state index in [1.807, 2.05) is 43.3 Å². The van der Waals surface area contributed by atoms with Crippen LogP contribution in [0.25, 0.3) is 0 Å². The molecule has 1 atom stereocenters. The van der Waals surface area contributed by atoms with Crippen molar-refractivity contribution in [3.8, 4) is 0 Å². The van der Waals surface area contributed by atoms with Gasteiger partial charge in [0, 0.05) is 24.3 Å². The summed E-state index contributed by atoms with van der Waals surface area (Å²) in [5.41, 5.74) is 2.14. The van der Waals surface area contributed by atoms with Crippen molar-refractivity contribution in [2.75, 3.05) is 16.8 Å². The first-order valence-electron chi connectivity index (χ1n) is 9.12. The predicted octanol–water partition coefficient (Wildman–Crippen LogP) is 3.02. The summed E-state index contributed by atoms with van der Waals surface area (Å²) < 4.78 is 0. The number of hydrogen-bond donors (Lipinski definition) is 2. The third-order valence-electron chi connectivity index (χ3n) is 4.59. The van der Waals surface area contributed by atoms with Crippen molar-refractivity contribution in [3.05, 3.63) is 60.2 Å². The number of piperidine rings is 1. The van der Waals surface area contributed by atoms with Gasteiger partial charge in [0.25, 0.3) is 0 Å². The minimum atomic E-state index is -0.736. The molecule has 140 valence electrons. The predicted molar refractivity (Wildman–Crippen MR) is 104 cm³/mol. The van der Waals surface area contributed by atoms with E-state index in [0.29, 0.717) is 18.7 Å². The Morgan fingerprint density at radius 3 is 2.52 bits per heavy atom. The minimum Gasteiger partial charge on any atom is -0.341 e. The highest BCUT2D eigenvalue weighted by Gasteiger charge is 2.21. The molecule has 6 nitrogen and oxygen atoms in total. The van der Waals surface area contributed by atoms with Crippen LogP contribution in [0.3, 0.4) is 0 Å². The molecule has 1 fully saturated rings. The van der Waals surface area contributed by atoms with Crippen LogP contribution in [0, 0.1) is 0 Å². The quantitative estimate of drug-likeness (QED) is 0.818. The molecule has 0 saturated carbocycles. The summed E-state index contributed by atoms with van der Waals surface area (Å²) in [4.78, 5) is 38.2. The molecule has 1 aliphatic rings. The highest BCUT2D eigenvalue weighted by atomic mass is 16.2. The number of nitrogens with one attached hydrogen (secondary N) is 2. The van der Waals surface area contributed by atoms with Crippen LogP contribution in [0.15, 0.2) is 54.6 Å². The zero-order chi connectivity index (χ0) is 19.2. The van der Waals surface area contributed by atoms with Crippen molar-refractivity contribution in [3.63, 3.8) is 0 Å². The molecule has 0 spiro atoms. The summed E-state index contributed by atoms with van der Waals surface area (Å²) in [6.07, 6.45) is 2.41. The number of amides is 3. The van der Waals surface area contributed by atoms with Crippen LogP contribution >= 0.6 is 0 Å². The fourth-order valence-electron chi connectivity index (χ4n) is 3.11. The molecule has 0 aliphatic carbocycles. The number of benzene rings is 2. The van der Waals surface area contributed by atoms with Crippen molar-refractivity contribution >= 4 is 29.1 Å². The summed E-state index contributed by atoms with van der Waals surface area (Å²) in [5, 5.41) is 5.29. The van der Waals surface area contributed by atoms with E-state index in [1.54, 1.807) is 23.1 Å². The highest BCUT2D eigenvalue weighted by Crippen LogP contribution is 2.24. The van der Waals surface area contributed by atoms with Crippen molar-refractivity contribution in [1.29, 1.82) is 0 Å². The molecule has 6 heteroatoms. The summed E-state index contributed by atoms with van der Waals surface area (Å²) in [5.74, 6) is -1.36. The van der Waals surface area contributed by atoms with Gasteiger partial charge in [-0.1, -0.05) is 36.4 Å². The number of carbonyl (C=O) groups is 3. The van der Waals surface area contributed by atoms with Crippen molar-refractivity contribution in [2.45, 2.75) is 32.2 Å². The molecule has 2 aromatic rings. The first-order chi connectivity index (χ1) is 13.0. The van der Waals surface area contributed by atoms with Gasteiger partial charge in [0.15, 0.2) is 0 Å². The summed E-state index contributed by atoms with van der Waals surface area (Å²) in [6.45, 7) is 2.49. The maximum Gasteiger partial charge on any atom is 0.313 e. The first-order valence-corrected chi connectivity index (χ1v) is 9.12. The Bertz CT molecular complexity index is 836. The molecule has 2 aromatic carbocycles. The van der Waals surface area contributed by atoms with Crippen LogP contribution in [0.5, 0.6) is 0 Å². The average Bonchev–Trinajstić information content (AvgIpc) is 2.69. The van der Waals surface area contributed by atoms with Crippen molar-refractivity contribution in [1.82, 2.24) is 5.32 Å². The Hall–Kier alpha value is -3.15. The van der Waals surface area contributed by atoms with Gasteiger partial charge in [-0.2, -0.15) is 0 Å². The Morgan fingerprint density at radius 2 is 1.78 bits per heavy atom. The van der Waals surface area contributed by atoms with E-state index in [0.717, 1.165) is 24.1 Å². The Kier molecular flexibility index (Phi) is 5.86. The Labute approximate surface area is 158 Å². The average molecular weight is 365 g/mol. The standard InChI is InChI=1S/C21H23N3O3/c1-15(16-8-3-2-4-9-16)22-20(26)21(27)23-17-10-7-11-18(14-17)24-13-6-5-12-19(24)25/h2-4,7-11,14-15H,5-6,12-13H2,1H3,(H,22,26)(H,23,27). The van der Waals surface area contributed by atoms with Gasteiger partial charge >= 0.3 is 11.8 Å². The van der Waals surface area contributed by atoms with Crippen LogP contribution < -0.4 is 15.5 Å². The minimum absolute atomic E-state index is 0.0826. The molecule has 3 amide bonds. The summed E-state index contributed by atoms with van der Waals surface area (Å²) in [6, 6.07) is 16.2. The van der Waals surface area contributed by atoms with Gasteiger partial charge in [-0.15, -0.1) is 0 Å². The molecule has 0 bridgehead atoms. The molecular weight excluding hydrogens is 342 g/mol. The largest absolute Gasteiger partial charge is 0.341 e. The molecular formula is C21H23N3O3. The van der Waals surface area contributed by atoms with Crippen molar-refractivity contribution in [2.24, 2.45) is 0 Å². The Balaban J connectivity index is 1.62. The van der Waals surface area contributed by atoms with Gasteiger partial charge in [-0.3, -0.25) is 14.4 Å². The van der Waals surface area contributed by atoms with E-state index in [2.05, 4.69) is 10.6 Å². The van der Waals surface area contributed by atoms with Crippen LogP contribution in [0.4, 0.5) is 11.4 Å². The van der Waals surface area contributed by atoms with E-state index in [4.69, 9.17) is 0 Å². The van der Waals surface area contributed by atoms with Gasteiger partial charge < -0.3 is 15.5 Å². The van der Waals surface area contributed by atoms with Crippen LogP contribution in [-0.2, 0) is 14.4 Å². The maximum absolute atomic E-state index is 12.2. The van der Waals surface area contributed by atoms with Gasteiger partial charge in [-0.25, -0.2) is 0 Å². The molecule has 1 aliphatic heterocycles. The van der Waals surface area contributed by atoms with E-state index in [1.165, 1.54) is 0 Å². The second-order valence-electron chi connectivity index (χ2n) is 6.61. The smallest absolute Gasteiger partial charge is 0.313 e. The SMILES string of the molecule is CC(NC(=O)C(=O)Nc1cccc(N2CCCCC2=O)c1)c1ccccc1. The monoisotopic (exact) mass is 365 g/mol. The normalized spacial score (nSPS) is 15.1. The fraction of sp³-hybridized carbons (Fsp3) is 0.286. The molecule has 2 N–H and O–H groups in total. The topological polar surface area (TPSA) is 78.5 Å². The summed E-state index contributed by atoms with van der Waals surface area (Å²) in [7, 11) is 0. The van der Waals surface area contributed by atoms with Gasteiger partial charge in [0.2, 0.25) is 5.91 Å². The molecule has 3 rings (SSSR count). The van der Waals surface area contributed by atoms with E-state index >= 15 is 0 Å². The van der Waals surface area contributed by atoms with E-state index < -0.39 is 11.8 Å². The maximum atomic E-state index is 12.2. The molecule has 1 saturated heterocycles. The zero-order valence-electron chi connectivity index (χ0n) is 15.3. The second kappa shape index (κ2) is 8.49. The van der Waals surface area contributed by atoms with Gasteiger partial charge in [0.1, 0.15) is 0 Å². The Morgan fingerprint density at radius 1 is 1.00 bits per heavy atom. The van der Waals surface area contributed by atoms with Crippen LogP contribution in [0.1, 0.15) is 37.8 Å². The number of nitrogens with zero attached hydrogens (tertiary/aromatic N) is 1. The number of hydrogen-bond acceptors (Lipinski definition) is 3. The highest BCUT2D eigenvalue weighted by molar-refractivity contribution is 6.39. The number of anilines is 2. The lowest BCUT2D eigenvalue weighted by Crippen LogP contribution is -2.37. The lowest BCUT2D eigenvalue weighted by molar-refractivity contribution is -0.136. The molecule has 0 aromatic heterocycles. The molecule has 1 heterocycles. The number of rotatable bonds is 4. The third-order valence-corrected chi connectivity index (χ3v) is 4.59. The first kappa shape index (κ1) is 18.6. The van der Waals surface area contributed by atoms with Crippen molar-refractivity contribution < 1.29 is 14.4 Å². The zero-order valence-corrected chi connectivity index (χ0v) is 15.3. The van der Waals surface area contributed by atoms with Crippen LogP contribution in [-0.4, -0.2) is 24.3 Å². The lowest BCUT2D eigenvalue weighted by atomic mass is 10.1.